The molecule has 1 saturated carbocycles. The van der Waals surface area contributed by atoms with Crippen molar-refractivity contribution in [1.29, 1.82) is 0 Å². The van der Waals surface area contributed by atoms with Gasteiger partial charge in [0.15, 0.2) is 0 Å². The topological polar surface area (TPSA) is 52.3 Å². The lowest BCUT2D eigenvalue weighted by molar-refractivity contribution is -0.132. The first-order valence-corrected chi connectivity index (χ1v) is 6.96. The van der Waals surface area contributed by atoms with E-state index in [1.54, 1.807) is 7.11 Å². The Hall–Kier alpha value is -0.870. The number of hydrogen-bond donors (Lipinski definition) is 1. The summed E-state index contributed by atoms with van der Waals surface area (Å²) in [5, 5.41) is 0. The number of rotatable bonds is 5. The van der Waals surface area contributed by atoms with Crippen LogP contribution in [-0.4, -0.2) is 19.4 Å². The second-order valence-corrected chi connectivity index (χ2v) is 5.75. The highest BCUT2D eigenvalue weighted by molar-refractivity contribution is 9.10. The molecule has 18 heavy (non-hydrogen) atoms. The van der Waals surface area contributed by atoms with E-state index in [2.05, 4.69) is 15.9 Å². The van der Waals surface area contributed by atoms with Gasteiger partial charge in [0.2, 0.25) is 0 Å². The predicted octanol–water partition coefficient (Wildman–Crippen LogP) is 2.70. The van der Waals surface area contributed by atoms with Crippen molar-refractivity contribution in [2.24, 2.45) is 11.1 Å². The van der Waals surface area contributed by atoms with Crippen molar-refractivity contribution >= 4 is 21.7 Å². The largest absolute Gasteiger partial charge is 0.497 e. The van der Waals surface area contributed by atoms with Crippen molar-refractivity contribution in [1.82, 2.24) is 0 Å². The number of ketones is 1. The van der Waals surface area contributed by atoms with Gasteiger partial charge in [-0.25, -0.2) is 0 Å². The van der Waals surface area contributed by atoms with Crippen molar-refractivity contribution in [3.8, 4) is 5.75 Å². The van der Waals surface area contributed by atoms with Crippen LogP contribution in [0.2, 0.25) is 0 Å². The number of ether oxygens (including phenoxy) is 1. The van der Waals surface area contributed by atoms with Crippen LogP contribution in [0, 0.1) is 5.41 Å². The summed E-state index contributed by atoms with van der Waals surface area (Å²) in [7, 11) is 1.63. The van der Waals surface area contributed by atoms with E-state index in [4.69, 9.17) is 10.5 Å². The third-order valence-corrected chi connectivity index (χ3v) is 4.67. The lowest BCUT2D eigenvalue weighted by Crippen LogP contribution is -2.45. The summed E-state index contributed by atoms with van der Waals surface area (Å²) >= 11 is 3.48. The minimum atomic E-state index is -0.261. The van der Waals surface area contributed by atoms with E-state index in [1.807, 2.05) is 18.2 Å². The fourth-order valence-electron chi connectivity index (χ4n) is 2.37. The molecule has 0 saturated heterocycles. The summed E-state index contributed by atoms with van der Waals surface area (Å²) in [4.78, 5) is 12.4. The van der Waals surface area contributed by atoms with Gasteiger partial charge in [0.25, 0.3) is 0 Å². The molecule has 0 atom stereocenters. The summed E-state index contributed by atoms with van der Waals surface area (Å²) in [5.74, 6) is 1.03. The highest BCUT2D eigenvalue weighted by Gasteiger charge is 2.42. The second-order valence-electron chi connectivity index (χ2n) is 4.90. The van der Waals surface area contributed by atoms with Gasteiger partial charge >= 0.3 is 0 Å². The van der Waals surface area contributed by atoms with Crippen molar-refractivity contribution in [2.45, 2.75) is 25.7 Å². The first-order chi connectivity index (χ1) is 8.61. The molecular formula is C14H18BrNO2. The minimum absolute atomic E-state index is 0.255. The van der Waals surface area contributed by atoms with Gasteiger partial charge in [0.1, 0.15) is 11.5 Å². The normalized spacial score (nSPS) is 17.1. The van der Waals surface area contributed by atoms with Gasteiger partial charge < -0.3 is 10.5 Å². The second kappa shape index (κ2) is 5.41. The molecule has 0 radical (unpaired) electrons. The van der Waals surface area contributed by atoms with Gasteiger partial charge in [0.05, 0.1) is 7.11 Å². The predicted molar refractivity (Wildman–Crippen MR) is 74.7 cm³/mol. The molecule has 3 nitrogen and oxygen atoms in total. The molecule has 1 aliphatic carbocycles. The van der Waals surface area contributed by atoms with Gasteiger partial charge in [-0.15, -0.1) is 0 Å². The van der Waals surface area contributed by atoms with E-state index in [-0.39, 0.29) is 11.2 Å². The van der Waals surface area contributed by atoms with Crippen molar-refractivity contribution < 1.29 is 9.53 Å². The number of methoxy groups -OCH3 is 1. The number of Topliss-reactive ketones (excluding diaryl/α,β-unsaturated/α-hetero) is 1. The maximum Gasteiger partial charge on any atom is 0.144 e. The highest BCUT2D eigenvalue weighted by atomic mass is 79.9. The van der Waals surface area contributed by atoms with Gasteiger partial charge in [-0.2, -0.15) is 0 Å². The highest BCUT2D eigenvalue weighted by Crippen LogP contribution is 2.42. The standard InChI is InChI=1S/C14H18BrNO2/c1-18-11-3-4-12(15)10(7-11)8-13(17)14(9-16)5-2-6-14/h3-4,7H,2,5-6,8-9,16H2,1H3. The first-order valence-electron chi connectivity index (χ1n) is 6.17. The molecule has 0 bridgehead atoms. The van der Waals surface area contributed by atoms with E-state index < -0.39 is 0 Å². The fourth-order valence-corrected chi connectivity index (χ4v) is 2.76. The van der Waals surface area contributed by atoms with Gasteiger partial charge in [-0.1, -0.05) is 22.4 Å². The Bertz CT molecular complexity index is 450. The van der Waals surface area contributed by atoms with E-state index in [1.165, 1.54) is 0 Å². The van der Waals surface area contributed by atoms with Crippen LogP contribution in [0.5, 0.6) is 5.75 Å². The minimum Gasteiger partial charge on any atom is -0.497 e. The van der Waals surface area contributed by atoms with Crippen LogP contribution < -0.4 is 10.5 Å². The molecular weight excluding hydrogens is 294 g/mol. The fraction of sp³-hybridized carbons (Fsp3) is 0.500. The van der Waals surface area contributed by atoms with Gasteiger partial charge in [-0.3, -0.25) is 4.79 Å². The van der Waals surface area contributed by atoms with Crippen LogP contribution in [0.25, 0.3) is 0 Å². The summed E-state index contributed by atoms with van der Waals surface area (Å²) in [6, 6.07) is 5.70. The van der Waals surface area contributed by atoms with Crippen LogP contribution in [0.15, 0.2) is 22.7 Å². The molecule has 98 valence electrons. The molecule has 2 N–H and O–H groups in total. The number of hydrogen-bond acceptors (Lipinski definition) is 3. The maximum atomic E-state index is 12.4. The quantitative estimate of drug-likeness (QED) is 0.909. The molecule has 0 unspecified atom stereocenters. The van der Waals surface area contributed by atoms with Crippen molar-refractivity contribution in [2.75, 3.05) is 13.7 Å². The molecule has 0 heterocycles. The molecule has 4 heteroatoms. The van der Waals surface area contributed by atoms with E-state index in [9.17, 15) is 4.79 Å². The monoisotopic (exact) mass is 311 g/mol. The molecule has 0 aromatic heterocycles. The summed E-state index contributed by atoms with van der Waals surface area (Å²) < 4.78 is 6.13. The number of halogens is 1. The van der Waals surface area contributed by atoms with Crippen molar-refractivity contribution in [3.63, 3.8) is 0 Å². The Labute approximate surface area is 116 Å². The number of carbonyl (C=O) groups is 1. The molecule has 0 aliphatic heterocycles. The zero-order valence-corrected chi connectivity index (χ0v) is 12.1. The number of nitrogens with two attached hydrogens (primary N) is 1. The molecule has 1 aromatic carbocycles. The Morgan fingerprint density at radius 2 is 2.22 bits per heavy atom. The third kappa shape index (κ3) is 2.45. The van der Waals surface area contributed by atoms with E-state index >= 15 is 0 Å². The Balaban J connectivity index is 2.16. The average Bonchev–Trinajstić information content (AvgIpc) is 2.31. The van der Waals surface area contributed by atoms with Crippen LogP contribution in [0.4, 0.5) is 0 Å². The van der Waals surface area contributed by atoms with Gasteiger partial charge in [0, 0.05) is 22.9 Å². The smallest absolute Gasteiger partial charge is 0.144 e. The van der Waals surface area contributed by atoms with Crippen LogP contribution in [0.3, 0.4) is 0 Å². The molecule has 0 amide bonds. The maximum absolute atomic E-state index is 12.4. The Morgan fingerprint density at radius 3 is 2.72 bits per heavy atom. The number of benzene rings is 1. The van der Waals surface area contributed by atoms with Crippen LogP contribution in [-0.2, 0) is 11.2 Å². The lowest BCUT2D eigenvalue weighted by Gasteiger charge is -2.39. The summed E-state index contributed by atoms with van der Waals surface area (Å²) in [6.07, 6.45) is 3.41. The van der Waals surface area contributed by atoms with Gasteiger partial charge in [-0.05, 0) is 36.6 Å². The molecule has 1 fully saturated rings. The van der Waals surface area contributed by atoms with Crippen molar-refractivity contribution in [3.05, 3.63) is 28.2 Å². The van der Waals surface area contributed by atoms with E-state index in [0.717, 1.165) is 35.0 Å². The average molecular weight is 312 g/mol. The van der Waals surface area contributed by atoms with E-state index in [0.29, 0.717) is 13.0 Å². The molecule has 1 aliphatic rings. The third-order valence-electron chi connectivity index (χ3n) is 3.90. The Morgan fingerprint density at radius 1 is 1.50 bits per heavy atom. The zero-order chi connectivity index (χ0) is 13.2. The summed E-state index contributed by atoms with van der Waals surface area (Å²) in [5.41, 5.74) is 6.47. The first kappa shape index (κ1) is 13.6. The lowest BCUT2D eigenvalue weighted by atomic mass is 9.65. The Kier molecular flexibility index (Phi) is 4.07. The zero-order valence-electron chi connectivity index (χ0n) is 10.5. The van der Waals surface area contributed by atoms with Crippen LogP contribution in [0.1, 0.15) is 24.8 Å². The summed E-state index contributed by atoms with van der Waals surface area (Å²) in [6.45, 7) is 0.466. The molecule has 0 spiro atoms. The van der Waals surface area contributed by atoms with Crippen LogP contribution >= 0.6 is 15.9 Å². The molecule has 2 rings (SSSR count). The SMILES string of the molecule is COc1ccc(Br)c(CC(=O)C2(CN)CCC2)c1. The number of carbonyl (C=O) groups excluding carboxylic acids is 1. The molecule has 1 aromatic rings.